The number of morpholine rings is 1. The summed E-state index contributed by atoms with van der Waals surface area (Å²) in [5.74, 6) is 0. The Labute approximate surface area is 92.4 Å². The molecular formula is C12H23NO2. The second-order valence-corrected chi connectivity index (χ2v) is 5.53. The Bertz CT molecular complexity index is 218. The van der Waals surface area contributed by atoms with Gasteiger partial charge in [-0.1, -0.05) is 0 Å². The van der Waals surface area contributed by atoms with Crippen molar-refractivity contribution in [2.24, 2.45) is 0 Å². The van der Waals surface area contributed by atoms with Crippen molar-refractivity contribution in [1.82, 2.24) is 4.90 Å². The zero-order valence-electron chi connectivity index (χ0n) is 9.91. The zero-order valence-corrected chi connectivity index (χ0v) is 9.91. The van der Waals surface area contributed by atoms with Crippen LogP contribution in [0.15, 0.2) is 0 Å². The van der Waals surface area contributed by atoms with Gasteiger partial charge in [-0.15, -0.1) is 0 Å². The van der Waals surface area contributed by atoms with Crippen LogP contribution in [0.2, 0.25) is 0 Å². The monoisotopic (exact) mass is 213 g/mol. The maximum atomic E-state index is 9.72. The molecule has 3 nitrogen and oxygen atoms in total. The van der Waals surface area contributed by atoms with E-state index >= 15 is 0 Å². The first kappa shape index (κ1) is 11.4. The van der Waals surface area contributed by atoms with Crippen LogP contribution in [-0.2, 0) is 4.74 Å². The van der Waals surface area contributed by atoms with E-state index < -0.39 is 0 Å². The molecule has 1 N–H and O–H groups in total. The molecule has 1 aliphatic heterocycles. The summed E-state index contributed by atoms with van der Waals surface area (Å²) < 4.78 is 5.53. The zero-order chi connectivity index (χ0) is 10.9. The van der Waals surface area contributed by atoms with E-state index in [0.717, 1.165) is 32.6 Å². The summed E-state index contributed by atoms with van der Waals surface area (Å²) in [6.07, 6.45) is 4.26. The number of hydrogen-bond donors (Lipinski definition) is 1. The molecule has 0 aromatic carbocycles. The fraction of sp³-hybridized carbons (Fsp3) is 1.00. The summed E-state index contributed by atoms with van der Waals surface area (Å²) in [7, 11) is 0. The largest absolute Gasteiger partial charge is 0.393 e. The number of ether oxygens (including phenoxy) is 1. The minimum atomic E-state index is -0.0811. The topological polar surface area (TPSA) is 32.7 Å². The van der Waals surface area contributed by atoms with Crippen LogP contribution in [-0.4, -0.2) is 47.4 Å². The summed E-state index contributed by atoms with van der Waals surface area (Å²) in [6, 6.07) is 0.563. The van der Waals surface area contributed by atoms with Crippen LogP contribution < -0.4 is 0 Å². The molecule has 2 aliphatic rings. The van der Waals surface area contributed by atoms with Gasteiger partial charge in [-0.3, -0.25) is 4.90 Å². The lowest BCUT2D eigenvalue weighted by Gasteiger charge is -2.48. The molecule has 2 atom stereocenters. The maximum Gasteiger partial charge on any atom is 0.0645 e. The van der Waals surface area contributed by atoms with E-state index in [9.17, 15) is 5.11 Å². The first-order valence-electron chi connectivity index (χ1n) is 6.12. The van der Waals surface area contributed by atoms with Crippen molar-refractivity contribution < 1.29 is 9.84 Å². The molecule has 2 fully saturated rings. The molecule has 1 aliphatic carbocycles. The summed E-state index contributed by atoms with van der Waals surface area (Å²) in [5, 5.41) is 9.72. The van der Waals surface area contributed by atoms with E-state index in [-0.39, 0.29) is 11.6 Å². The summed E-state index contributed by atoms with van der Waals surface area (Å²) in [5.41, 5.74) is 0.139. The van der Waals surface area contributed by atoms with Crippen LogP contribution in [0.25, 0.3) is 0 Å². The number of aliphatic hydroxyl groups is 1. The van der Waals surface area contributed by atoms with E-state index in [4.69, 9.17) is 4.74 Å². The van der Waals surface area contributed by atoms with Crippen LogP contribution in [0.5, 0.6) is 0 Å². The van der Waals surface area contributed by atoms with E-state index in [1.54, 1.807) is 0 Å². The van der Waals surface area contributed by atoms with Crippen molar-refractivity contribution >= 4 is 0 Å². The highest BCUT2D eigenvalue weighted by Gasteiger charge is 2.37. The maximum absolute atomic E-state index is 9.72. The Morgan fingerprint density at radius 1 is 1.33 bits per heavy atom. The molecule has 0 radical (unpaired) electrons. The van der Waals surface area contributed by atoms with Gasteiger partial charge in [0.05, 0.1) is 19.3 Å². The number of rotatable bonds is 1. The molecule has 0 aromatic rings. The van der Waals surface area contributed by atoms with Crippen molar-refractivity contribution in [1.29, 1.82) is 0 Å². The minimum absolute atomic E-state index is 0.0811. The lowest BCUT2D eigenvalue weighted by molar-refractivity contribution is -0.0868. The quantitative estimate of drug-likeness (QED) is 0.714. The highest BCUT2D eigenvalue weighted by Crippen LogP contribution is 2.30. The summed E-state index contributed by atoms with van der Waals surface area (Å²) >= 11 is 0. The first-order chi connectivity index (χ1) is 7.09. The molecule has 0 aromatic heterocycles. The molecule has 2 rings (SSSR count). The molecule has 3 heteroatoms. The van der Waals surface area contributed by atoms with Gasteiger partial charge in [0.15, 0.2) is 0 Å². The number of hydrogen-bond acceptors (Lipinski definition) is 3. The Morgan fingerprint density at radius 3 is 2.80 bits per heavy atom. The first-order valence-corrected chi connectivity index (χ1v) is 6.12. The molecule has 1 saturated carbocycles. The Kier molecular flexibility index (Phi) is 3.33. The highest BCUT2D eigenvalue weighted by molar-refractivity contribution is 4.91. The van der Waals surface area contributed by atoms with Gasteiger partial charge in [0.25, 0.3) is 0 Å². The number of nitrogens with zero attached hydrogens (tertiary/aromatic N) is 1. The van der Waals surface area contributed by atoms with Gasteiger partial charge in [0.1, 0.15) is 0 Å². The van der Waals surface area contributed by atoms with Crippen LogP contribution in [0, 0.1) is 0 Å². The molecule has 0 bridgehead atoms. The van der Waals surface area contributed by atoms with Crippen molar-refractivity contribution in [3.8, 4) is 0 Å². The summed E-state index contributed by atoms with van der Waals surface area (Å²) in [6.45, 7) is 7.17. The average molecular weight is 213 g/mol. The summed E-state index contributed by atoms with van der Waals surface area (Å²) in [4.78, 5) is 2.54. The lowest BCUT2D eigenvalue weighted by atomic mass is 9.88. The van der Waals surface area contributed by atoms with Crippen molar-refractivity contribution in [3.05, 3.63) is 0 Å². The number of aliphatic hydroxyl groups excluding tert-OH is 1. The SMILES string of the molecule is CC1(C)COCCN1C1CCCC(O)C1. The van der Waals surface area contributed by atoms with Gasteiger partial charge in [-0.25, -0.2) is 0 Å². The van der Waals surface area contributed by atoms with E-state index in [0.29, 0.717) is 6.04 Å². The average Bonchev–Trinajstić information content (AvgIpc) is 2.17. The Balaban J connectivity index is 2.01. The second-order valence-electron chi connectivity index (χ2n) is 5.53. The van der Waals surface area contributed by atoms with Gasteiger partial charge in [-0.05, 0) is 39.5 Å². The van der Waals surface area contributed by atoms with E-state index in [1.165, 1.54) is 12.8 Å². The molecule has 0 spiro atoms. The predicted octanol–water partition coefficient (Wildman–Crippen LogP) is 1.40. The van der Waals surface area contributed by atoms with Crippen LogP contribution in [0.1, 0.15) is 39.5 Å². The third-order valence-corrected chi connectivity index (χ3v) is 3.77. The second kappa shape index (κ2) is 4.40. The fourth-order valence-electron chi connectivity index (χ4n) is 2.97. The highest BCUT2D eigenvalue weighted by atomic mass is 16.5. The van der Waals surface area contributed by atoms with E-state index in [1.807, 2.05) is 0 Å². The molecule has 88 valence electrons. The standard InChI is InChI=1S/C12H23NO2/c1-12(2)9-15-7-6-13(12)10-4-3-5-11(14)8-10/h10-11,14H,3-9H2,1-2H3. The molecule has 2 unspecified atom stereocenters. The van der Waals surface area contributed by atoms with Gasteiger partial charge < -0.3 is 9.84 Å². The molecule has 1 saturated heterocycles. The van der Waals surface area contributed by atoms with Crippen molar-refractivity contribution in [2.75, 3.05) is 19.8 Å². The van der Waals surface area contributed by atoms with Crippen molar-refractivity contribution in [3.63, 3.8) is 0 Å². The van der Waals surface area contributed by atoms with E-state index in [2.05, 4.69) is 18.7 Å². The van der Waals surface area contributed by atoms with Crippen LogP contribution in [0.3, 0.4) is 0 Å². The van der Waals surface area contributed by atoms with Gasteiger partial charge in [0, 0.05) is 18.1 Å². The smallest absolute Gasteiger partial charge is 0.0645 e. The van der Waals surface area contributed by atoms with Crippen LogP contribution in [0.4, 0.5) is 0 Å². The molecular weight excluding hydrogens is 190 g/mol. The normalized spacial score (nSPS) is 37.8. The third kappa shape index (κ3) is 2.52. The molecule has 0 amide bonds. The lowest BCUT2D eigenvalue weighted by Crippen LogP contribution is -2.58. The van der Waals surface area contributed by atoms with Gasteiger partial charge in [0.2, 0.25) is 0 Å². The van der Waals surface area contributed by atoms with Crippen molar-refractivity contribution in [2.45, 2.75) is 57.2 Å². The predicted molar refractivity (Wildman–Crippen MR) is 59.9 cm³/mol. The Hall–Kier alpha value is -0.120. The Morgan fingerprint density at radius 2 is 2.13 bits per heavy atom. The van der Waals surface area contributed by atoms with Gasteiger partial charge in [-0.2, -0.15) is 0 Å². The fourth-order valence-corrected chi connectivity index (χ4v) is 2.97. The third-order valence-electron chi connectivity index (χ3n) is 3.77. The molecule has 1 heterocycles. The minimum Gasteiger partial charge on any atom is -0.393 e. The van der Waals surface area contributed by atoms with Gasteiger partial charge >= 0.3 is 0 Å². The molecule has 15 heavy (non-hydrogen) atoms. The van der Waals surface area contributed by atoms with Crippen LogP contribution >= 0.6 is 0 Å².